The summed E-state index contributed by atoms with van der Waals surface area (Å²) in [5.41, 5.74) is 2.89. The van der Waals surface area contributed by atoms with Crippen molar-refractivity contribution in [2.75, 3.05) is 7.11 Å². The molecule has 26 heavy (non-hydrogen) atoms. The molecule has 4 rings (SSSR count). The fraction of sp³-hybridized carbons (Fsp3) is 0.150. The Bertz CT molecular complexity index is 984. The molecule has 3 aromatic rings. The van der Waals surface area contributed by atoms with Crippen molar-refractivity contribution in [1.82, 2.24) is 5.32 Å². The topological polar surface area (TPSA) is 38.3 Å². The number of methoxy groups -OCH3 is 1. The van der Waals surface area contributed by atoms with E-state index in [9.17, 15) is 9.18 Å². The molecule has 0 spiro atoms. The molecule has 1 aliphatic rings. The zero-order valence-corrected chi connectivity index (χ0v) is 15.7. The summed E-state index contributed by atoms with van der Waals surface area (Å²) in [5.74, 6) is 1.16. The first kappa shape index (κ1) is 17.1. The molecule has 132 valence electrons. The minimum Gasteiger partial charge on any atom is -0.496 e. The van der Waals surface area contributed by atoms with Crippen molar-refractivity contribution in [3.05, 3.63) is 70.4 Å². The Morgan fingerprint density at radius 2 is 2.08 bits per heavy atom. The average Bonchev–Trinajstić information content (AvgIpc) is 3.11. The number of hydrogen-bond acceptors (Lipinski definition) is 4. The van der Waals surface area contributed by atoms with E-state index in [4.69, 9.17) is 4.74 Å². The molecule has 1 aliphatic heterocycles. The van der Waals surface area contributed by atoms with Gasteiger partial charge in [-0.1, -0.05) is 18.2 Å². The zero-order valence-electron chi connectivity index (χ0n) is 14.0. The number of rotatable bonds is 4. The molecule has 0 bridgehead atoms. The lowest BCUT2D eigenvalue weighted by molar-refractivity contribution is 0.0954. The lowest BCUT2D eigenvalue weighted by Crippen LogP contribution is -2.22. The van der Waals surface area contributed by atoms with Gasteiger partial charge in [-0.05, 0) is 35.9 Å². The molecule has 2 heterocycles. The second-order valence-corrected chi connectivity index (χ2v) is 7.96. The number of ether oxygens (including phenoxy) is 1. The quantitative estimate of drug-likeness (QED) is 0.679. The van der Waals surface area contributed by atoms with E-state index in [2.05, 4.69) is 5.32 Å². The molecule has 0 aliphatic carbocycles. The van der Waals surface area contributed by atoms with Gasteiger partial charge in [-0.15, -0.1) is 23.1 Å². The van der Waals surface area contributed by atoms with Crippen molar-refractivity contribution in [2.45, 2.75) is 17.2 Å². The molecule has 0 radical (unpaired) electrons. The summed E-state index contributed by atoms with van der Waals surface area (Å²) in [4.78, 5) is 15.3. The van der Waals surface area contributed by atoms with E-state index in [0.29, 0.717) is 11.4 Å². The van der Waals surface area contributed by atoms with Crippen LogP contribution in [0.3, 0.4) is 0 Å². The number of thioether (sulfide) groups is 1. The van der Waals surface area contributed by atoms with Gasteiger partial charge in [-0.2, -0.15) is 0 Å². The van der Waals surface area contributed by atoms with E-state index >= 15 is 0 Å². The van der Waals surface area contributed by atoms with Crippen molar-refractivity contribution in [1.29, 1.82) is 0 Å². The number of fused-ring (bicyclic) bond motifs is 3. The highest BCUT2D eigenvalue weighted by atomic mass is 32.2. The van der Waals surface area contributed by atoms with Gasteiger partial charge < -0.3 is 10.1 Å². The second kappa shape index (κ2) is 7.13. The predicted molar refractivity (Wildman–Crippen MR) is 103 cm³/mol. The highest BCUT2D eigenvalue weighted by Crippen LogP contribution is 2.45. The Kier molecular flexibility index (Phi) is 4.70. The van der Waals surface area contributed by atoms with E-state index in [-0.39, 0.29) is 11.7 Å². The van der Waals surface area contributed by atoms with Gasteiger partial charge in [-0.25, -0.2) is 4.39 Å². The molecule has 3 nitrogen and oxygen atoms in total. The maximum Gasteiger partial charge on any atom is 0.261 e. The first-order valence-electron chi connectivity index (χ1n) is 8.11. The second-order valence-electron chi connectivity index (χ2n) is 5.89. The van der Waals surface area contributed by atoms with E-state index in [1.54, 1.807) is 31.0 Å². The number of carbonyl (C=O) groups is 1. The largest absolute Gasteiger partial charge is 0.496 e. The van der Waals surface area contributed by atoms with E-state index in [1.165, 1.54) is 17.4 Å². The van der Waals surface area contributed by atoms with Crippen molar-refractivity contribution >= 4 is 29.0 Å². The Morgan fingerprint density at radius 1 is 1.23 bits per heavy atom. The van der Waals surface area contributed by atoms with Gasteiger partial charge in [0.2, 0.25) is 0 Å². The fourth-order valence-electron chi connectivity index (χ4n) is 2.95. The van der Waals surface area contributed by atoms with Crippen LogP contribution in [0.4, 0.5) is 4.39 Å². The molecule has 2 aromatic carbocycles. The van der Waals surface area contributed by atoms with Crippen molar-refractivity contribution in [3.8, 4) is 16.2 Å². The fourth-order valence-corrected chi connectivity index (χ4v) is 5.25. The highest BCUT2D eigenvalue weighted by molar-refractivity contribution is 7.98. The Hall–Kier alpha value is -2.31. The van der Waals surface area contributed by atoms with Crippen LogP contribution in [0, 0.1) is 5.82 Å². The lowest BCUT2D eigenvalue weighted by atomic mass is 10.1. The summed E-state index contributed by atoms with van der Waals surface area (Å²) in [6.45, 7) is 0.394. The van der Waals surface area contributed by atoms with E-state index in [0.717, 1.165) is 38.0 Å². The maximum atomic E-state index is 13.6. The smallest absolute Gasteiger partial charge is 0.261 e. The van der Waals surface area contributed by atoms with Crippen LogP contribution in [0.1, 0.15) is 20.8 Å². The molecular weight excluding hydrogens is 369 g/mol. The molecule has 1 N–H and O–H groups in total. The normalized spacial score (nSPS) is 12.2. The summed E-state index contributed by atoms with van der Waals surface area (Å²) in [6.07, 6.45) is 0. The molecule has 0 saturated heterocycles. The Morgan fingerprint density at radius 3 is 2.92 bits per heavy atom. The number of thiophene rings is 1. The molecule has 0 saturated carbocycles. The lowest BCUT2D eigenvalue weighted by Gasteiger charge is -2.15. The van der Waals surface area contributed by atoms with Gasteiger partial charge in [-0.3, -0.25) is 4.79 Å². The van der Waals surface area contributed by atoms with Crippen molar-refractivity contribution < 1.29 is 13.9 Å². The van der Waals surface area contributed by atoms with Gasteiger partial charge in [0, 0.05) is 33.2 Å². The van der Waals surface area contributed by atoms with Gasteiger partial charge in [0.15, 0.2) is 0 Å². The van der Waals surface area contributed by atoms with Crippen LogP contribution in [0.25, 0.3) is 10.4 Å². The number of amides is 1. The molecule has 0 unspecified atom stereocenters. The van der Waals surface area contributed by atoms with Gasteiger partial charge in [0.1, 0.15) is 11.6 Å². The van der Waals surface area contributed by atoms with Crippen molar-refractivity contribution in [3.63, 3.8) is 0 Å². The predicted octanol–water partition coefficient (Wildman–Crippen LogP) is 5.10. The number of para-hydroxylation sites is 1. The summed E-state index contributed by atoms with van der Waals surface area (Å²) < 4.78 is 19.0. The molecule has 1 amide bonds. The van der Waals surface area contributed by atoms with E-state index in [1.807, 2.05) is 30.3 Å². The average molecular weight is 385 g/mol. The number of benzene rings is 2. The van der Waals surface area contributed by atoms with Crippen LogP contribution in [-0.4, -0.2) is 13.0 Å². The van der Waals surface area contributed by atoms with Crippen molar-refractivity contribution in [2.24, 2.45) is 0 Å². The number of carbonyl (C=O) groups excluding carboxylic acids is 1. The van der Waals surface area contributed by atoms with Crippen LogP contribution >= 0.6 is 23.1 Å². The third-order valence-electron chi connectivity index (χ3n) is 4.23. The summed E-state index contributed by atoms with van der Waals surface area (Å²) in [6, 6.07) is 14.3. The molecule has 1 aromatic heterocycles. The van der Waals surface area contributed by atoms with Crippen LogP contribution < -0.4 is 10.1 Å². The Labute approximate surface area is 159 Å². The van der Waals surface area contributed by atoms with E-state index < -0.39 is 0 Å². The SMILES string of the molecule is COc1ccccc1CNC(=O)c1cc2c(s1)-c1cc(F)ccc1SC2. The first-order chi connectivity index (χ1) is 12.7. The first-order valence-corrected chi connectivity index (χ1v) is 9.91. The summed E-state index contributed by atoms with van der Waals surface area (Å²) in [5, 5.41) is 2.95. The minimum atomic E-state index is -0.257. The maximum absolute atomic E-state index is 13.6. The standard InChI is InChI=1S/C20H16FNO2S2/c1-24-16-5-3-2-4-12(16)10-22-20(23)18-8-13-11-25-17-7-6-14(21)9-15(17)19(13)26-18/h2-9H,10-11H2,1H3,(H,22,23). The third-order valence-corrected chi connectivity index (χ3v) is 6.57. The summed E-state index contributed by atoms with van der Waals surface area (Å²) in [7, 11) is 1.61. The molecule has 6 heteroatoms. The summed E-state index contributed by atoms with van der Waals surface area (Å²) >= 11 is 3.09. The monoisotopic (exact) mass is 385 g/mol. The van der Waals surface area contributed by atoms with Crippen LogP contribution in [0.15, 0.2) is 53.4 Å². The third kappa shape index (κ3) is 3.22. The molecule has 0 fully saturated rings. The minimum absolute atomic E-state index is 0.127. The van der Waals surface area contributed by atoms with Gasteiger partial charge >= 0.3 is 0 Å². The van der Waals surface area contributed by atoms with Gasteiger partial charge in [0.05, 0.1) is 12.0 Å². The number of hydrogen-bond donors (Lipinski definition) is 1. The molecule has 0 atom stereocenters. The van der Waals surface area contributed by atoms with Crippen LogP contribution in [0.2, 0.25) is 0 Å². The number of halogens is 1. The molecular formula is C20H16FNO2S2. The number of nitrogens with one attached hydrogen (secondary N) is 1. The van der Waals surface area contributed by atoms with Gasteiger partial charge in [0.25, 0.3) is 5.91 Å². The van der Waals surface area contributed by atoms with Crippen LogP contribution in [0.5, 0.6) is 5.75 Å². The highest BCUT2D eigenvalue weighted by Gasteiger charge is 2.22. The Balaban J connectivity index is 1.55. The van der Waals surface area contributed by atoms with Crippen LogP contribution in [-0.2, 0) is 12.3 Å². The zero-order chi connectivity index (χ0) is 18.1.